The minimum atomic E-state index is -0.789. The number of hydrogen-bond donors (Lipinski definition) is 2. The third-order valence-corrected chi connectivity index (χ3v) is 8.90. The first-order valence-electron chi connectivity index (χ1n) is 15.1. The summed E-state index contributed by atoms with van der Waals surface area (Å²) >= 11 is 0. The van der Waals surface area contributed by atoms with Crippen LogP contribution >= 0.6 is 0 Å². The molecule has 3 atom stereocenters. The van der Waals surface area contributed by atoms with Crippen molar-refractivity contribution in [3.63, 3.8) is 0 Å². The van der Waals surface area contributed by atoms with Crippen molar-refractivity contribution < 1.29 is 23.5 Å². The Hall–Kier alpha value is -2.68. The Labute approximate surface area is 238 Å². The molecule has 0 aromatic heterocycles. The van der Waals surface area contributed by atoms with Gasteiger partial charge in [0.1, 0.15) is 11.9 Å². The van der Waals surface area contributed by atoms with Gasteiger partial charge in [-0.05, 0) is 77.0 Å². The molecule has 3 amide bonds. The van der Waals surface area contributed by atoms with E-state index in [9.17, 15) is 18.8 Å². The summed E-state index contributed by atoms with van der Waals surface area (Å²) in [6, 6.07) is 5.31. The highest BCUT2D eigenvalue weighted by Crippen LogP contribution is 2.47. The molecule has 0 spiro atoms. The van der Waals surface area contributed by atoms with Gasteiger partial charge >= 0.3 is 12.0 Å². The van der Waals surface area contributed by atoms with Crippen molar-refractivity contribution in [3.05, 3.63) is 35.6 Å². The SMILES string of the molecule is CC1CN(C(=O)N[C@H](Cc2ccc(F)cc2)C(=O)N2CCC(C(=O)OC(C)C)(C3CCCCC3)CC2)CC(C)N1. The van der Waals surface area contributed by atoms with Crippen LogP contribution in [0.15, 0.2) is 24.3 Å². The highest BCUT2D eigenvalue weighted by Gasteiger charge is 2.50. The minimum absolute atomic E-state index is 0.125. The second-order valence-electron chi connectivity index (χ2n) is 12.5. The van der Waals surface area contributed by atoms with E-state index < -0.39 is 11.5 Å². The fraction of sp³-hybridized carbons (Fsp3) is 0.710. The number of carbonyl (C=O) groups is 3. The van der Waals surface area contributed by atoms with Crippen molar-refractivity contribution in [1.29, 1.82) is 0 Å². The molecule has 0 bridgehead atoms. The Morgan fingerprint density at radius 3 is 2.17 bits per heavy atom. The van der Waals surface area contributed by atoms with Crippen molar-refractivity contribution in [2.45, 2.75) is 103 Å². The molecule has 222 valence electrons. The van der Waals surface area contributed by atoms with Crippen molar-refractivity contribution in [1.82, 2.24) is 20.4 Å². The van der Waals surface area contributed by atoms with Crippen LogP contribution in [0.4, 0.5) is 9.18 Å². The van der Waals surface area contributed by atoms with Crippen molar-refractivity contribution >= 4 is 17.9 Å². The Kier molecular flexibility index (Phi) is 10.1. The molecule has 2 unspecified atom stereocenters. The maximum Gasteiger partial charge on any atom is 0.318 e. The molecule has 2 N–H and O–H groups in total. The highest BCUT2D eigenvalue weighted by atomic mass is 19.1. The quantitative estimate of drug-likeness (QED) is 0.488. The lowest BCUT2D eigenvalue weighted by atomic mass is 9.63. The second-order valence-corrected chi connectivity index (χ2v) is 12.5. The van der Waals surface area contributed by atoms with Gasteiger partial charge < -0.3 is 25.2 Å². The number of esters is 1. The van der Waals surface area contributed by atoms with E-state index in [1.165, 1.54) is 18.6 Å². The van der Waals surface area contributed by atoms with E-state index in [0.29, 0.717) is 39.0 Å². The Balaban J connectivity index is 1.49. The number of nitrogens with zero attached hydrogens (tertiary/aromatic N) is 2. The van der Waals surface area contributed by atoms with Crippen molar-refractivity contribution in [2.75, 3.05) is 26.2 Å². The van der Waals surface area contributed by atoms with Crippen LogP contribution in [0.2, 0.25) is 0 Å². The van der Waals surface area contributed by atoms with E-state index in [0.717, 1.165) is 31.2 Å². The number of rotatable bonds is 7. The number of carbonyl (C=O) groups excluding carboxylic acids is 3. The number of piperazine rings is 1. The Morgan fingerprint density at radius 2 is 1.60 bits per heavy atom. The lowest BCUT2D eigenvalue weighted by Gasteiger charge is -2.46. The molecule has 9 heteroatoms. The fourth-order valence-electron chi connectivity index (χ4n) is 6.90. The molecule has 40 heavy (non-hydrogen) atoms. The maximum absolute atomic E-state index is 13.9. The fourth-order valence-corrected chi connectivity index (χ4v) is 6.90. The molecule has 2 heterocycles. The van der Waals surface area contributed by atoms with E-state index in [1.807, 2.05) is 27.7 Å². The third kappa shape index (κ3) is 7.33. The van der Waals surface area contributed by atoms with Crippen LogP contribution in [-0.2, 0) is 20.7 Å². The molecular formula is C31H47FN4O4. The van der Waals surface area contributed by atoms with Gasteiger partial charge in [-0.2, -0.15) is 0 Å². The van der Waals surface area contributed by atoms with Gasteiger partial charge in [0.05, 0.1) is 11.5 Å². The number of hydrogen-bond acceptors (Lipinski definition) is 5. The zero-order valence-corrected chi connectivity index (χ0v) is 24.6. The summed E-state index contributed by atoms with van der Waals surface area (Å²) in [7, 11) is 0. The number of benzene rings is 1. The van der Waals surface area contributed by atoms with E-state index >= 15 is 0 Å². The molecule has 2 aliphatic heterocycles. The Morgan fingerprint density at radius 1 is 1.00 bits per heavy atom. The van der Waals surface area contributed by atoms with Gasteiger partial charge in [-0.3, -0.25) is 9.59 Å². The summed E-state index contributed by atoms with van der Waals surface area (Å²) in [6.45, 7) is 9.83. The Bertz CT molecular complexity index is 1010. The smallest absolute Gasteiger partial charge is 0.318 e. The lowest BCUT2D eigenvalue weighted by molar-refractivity contribution is -0.170. The predicted octanol–water partition coefficient (Wildman–Crippen LogP) is 4.27. The molecule has 2 saturated heterocycles. The standard InChI is InChI=1S/C31H47FN4O4/c1-21(2)40-29(38)31(25-8-6-5-7-9-25)14-16-35(17-15-31)28(37)27(18-24-10-12-26(32)13-11-24)34-30(39)36-19-22(3)33-23(4)20-36/h10-13,21-23,25,27,33H,5-9,14-20H2,1-4H3,(H,34,39)/t22?,23?,27-/m1/s1. The van der Waals surface area contributed by atoms with Gasteiger partial charge in [-0.15, -0.1) is 0 Å². The lowest BCUT2D eigenvalue weighted by Crippen LogP contribution is -2.61. The molecule has 1 aliphatic carbocycles. The van der Waals surface area contributed by atoms with Gasteiger partial charge in [-0.1, -0.05) is 31.4 Å². The molecule has 1 aromatic carbocycles. The normalized spacial score (nSPS) is 24.4. The van der Waals surface area contributed by atoms with Crippen LogP contribution in [0.25, 0.3) is 0 Å². The van der Waals surface area contributed by atoms with Gasteiger partial charge in [-0.25, -0.2) is 9.18 Å². The molecule has 8 nitrogen and oxygen atoms in total. The molecule has 1 aromatic rings. The van der Waals surface area contributed by atoms with E-state index in [4.69, 9.17) is 4.74 Å². The van der Waals surface area contributed by atoms with Crippen molar-refractivity contribution in [2.24, 2.45) is 11.3 Å². The molecular weight excluding hydrogens is 511 g/mol. The average molecular weight is 559 g/mol. The van der Waals surface area contributed by atoms with Crippen LogP contribution in [-0.4, -0.2) is 78.1 Å². The van der Waals surface area contributed by atoms with Crippen LogP contribution in [0.1, 0.15) is 78.2 Å². The number of likely N-dealkylation sites (tertiary alicyclic amines) is 1. The van der Waals surface area contributed by atoms with E-state index in [-0.39, 0.29) is 54.3 Å². The topological polar surface area (TPSA) is 91.0 Å². The summed E-state index contributed by atoms with van der Waals surface area (Å²) in [5.74, 6) is -0.359. The van der Waals surface area contributed by atoms with E-state index in [1.54, 1.807) is 21.9 Å². The number of amides is 3. The number of urea groups is 1. The predicted molar refractivity (Wildman–Crippen MR) is 152 cm³/mol. The first-order chi connectivity index (χ1) is 19.1. The molecule has 3 aliphatic rings. The highest BCUT2D eigenvalue weighted by molar-refractivity contribution is 5.88. The summed E-state index contributed by atoms with van der Waals surface area (Å²) in [5, 5.41) is 6.43. The summed E-state index contributed by atoms with van der Waals surface area (Å²) in [5.41, 5.74) is 0.209. The first kappa shape index (κ1) is 30.3. The summed E-state index contributed by atoms with van der Waals surface area (Å²) in [4.78, 5) is 44.3. The molecule has 0 radical (unpaired) electrons. The molecule has 4 rings (SSSR count). The minimum Gasteiger partial charge on any atom is -0.463 e. The van der Waals surface area contributed by atoms with Crippen LogP contribution < -0.4 is 10.6 Å². The van der Waals surface area contributed by atoms with Crippen LogP contribution in [0, 0.1) is 17.2 Å². The zero-order chi connectivity index (χ0) is 28.9. The van der Waals surface area contributed by atoms with Crippen molar-refractivity contribution in [3.8, 4) is 0 Å². The molecule has 3 fully saturated rings. The molecule has 1 saturated carbocycles. The number of piperidine rings is 1. The van der Waals surface area contributed by atoms with Crippen LogP contribution in [0.5, 0.6) is 0 Å². The number of ether oxygens (including phenoxy) is 1. The van der Waals surface area contributed by atoms with Gasteiger partial charge in [0.25, 0.3) is 0 Å². The summed E-state index contributed by atoms with van der Waals surface area (Å²) < 4.78 is 19.3. The third-order valence-electron chi connectivity index (χ3n) is 8.90. The van der Waals surface area contributed by atoms with Gasteiger partial charge in [0.15, 0.2) is 0 Å². The first-order valence-corrected chi connectivity index (χ1v) is 15.1. The van der Waals surface area contributed by atoms with Crippen LogP contribution in [0.3, 0.4) is 0 Å². The number of nitrogens with one attached hydrogen (secondary N) is 2. The number of halogens is 1. The zero-order valence-electron chi connectivity index (χ0n) is 24.6. The monoisotopic (exact) mass is 558 g/mol. The average Bonchev–Trinajstić information content (AvgIpc) is 2.93. The van der Waals surface area contributed by atoms with Gasteiger partial charge in [0, 0.05) is 44.7 Å². The van der Waals surface area contributed by atoms with E-state index in [2.05, 4.69) is 10.6 Å². The summed E-state index contributed by atoms with van der Waals surface area (Å²) in [6.07, 6.45) is 6.71. The maximum atomic E-state index is 13.9. The second kappa shape index (κ2) is 13.3. The largest absolute Gasteiger partial charge is 0.463 e. The van der Waals surface area contributed by atoms with Gasteiger partial charge in [0.2, 0.25) is 5.91 Å².